The molecule has 0 fully saturated rings. The first-order chi connectivity index (χ1) is 5.65. The lowest BCUT2D eigenvalue weighted by Gasteiger charge is -2.01. The van der Waals surface area contributed by atoms with Crippen molar-refractivity contribution in [3.05, 3.63) is 17.7 Å². The minimum Gasteiger partial charge on any atom is -0.381 e. The fourth-order valence-corrected chi connectivity index (χ4v) is 1.33. The van der Waals surface area contributed by atoms with Gasteiger partial charge < -0.3 is 5.73 Å². The molecule has 0 unspecified atom stereocenters. The number of aromatic nitrogens is 1. The van der Waals surface area contributed by atoms with Gasteiger partial charge in [-0.2, -0.15) is 0 Å². The Morgan fingerprint density at radius 1 is 1.50 bits per heavy atom. The molecule has 2 N–H and O–H groups in total. The molecule has 1 aromatic heterocycles. The largest absolute Gasteiger partial charge is 0.381 e. The number of rotatable bonds is 2. The van der Waals surface area contributed by atoms with Crippen LogP contribution in [-0.4, -0.2) is 10.7 Å². The molecule has 5 heteroatoms. The van der Waals surface area contributed by atoms with E-state index in [2.05, 4.69) is 4.98 Å². The summed E-state index contributed by atoms with van der Waals surface area (Å²) in [4.78, 5) is 3.55. The first-order valence-electron chi connectivity index (χ1n) is 3.39. The molecule has 0 saturated heterocycles. The summed E-state index contributed by atoms with van der Waals surface area (Å²) in [6.45, 7) is 1.85. The highest BCUT2D eigenvalue weighted by Crippen LogP contribution is 2.21. The maximum absolute atomic E-state index is 12.8. The Labute approximate surface area is 73.2 Å². The molecule has 0 saturated carbocycles. The summed E-state index contributed by atoms with van der Waals surface area (Å²) in [5.74, 6) is -1.05. The second-order valence-corrected chi connectivity index (χ2v) is 3.33. The summed E-state index contributed by atoms with van der Waals surface area (Å²) in [6, 6.07) is 0.750. The number of anilines is 1. The van der Waals surface area contributed by atoms with Crippen LogP contribution in [0.5, 0.6) is 0 Å². The van der Waals surface area contributed by atoms with E-state index in [4.69, 9.17) is 5.73 Å². The molecule has 0 amide bonds. The van der Waals surface area contributed by atoms with Gasteiger partial charge in [0.1, 0.15) is 5.03 Å². The predicted molar refractivity (Wildman–Crippen MR) is 45.0 cm³/mol. The van der Waals surface area contributed by atoms with Gasteiger partial charge in [-0.1, -0.05) is 6.92 Å². The van der Waals surface area contributed by atoms with E-state index in [0.717, 1.165) is 6.07 Å². The molecule has 0 aliphatic carbocycles. The van der Waals surface area contributed by atoms with Crippen molar-refractivity contribution in [2.45, 2.75) is 11.9 Å². The van der Waals surface area contributed by atoms with Crippen LogP contribution in [0.4, 0.5) is 14.6 Å². The van der Waals surface area contributed by atoms with E-state index < -0.39 is 11.6 Å². The van der Waals surface area contributed by atoms with Gasteiger partial charge >= 0.3 is 0 Å². The van der Waals surface area contributed by atoms with E-state index in [1.54, 1.807) is 0 Å². The van der Waals surface area contributed by atoms with E-state index in [1.807, 2.05) is 6.92 Å². The molecule has 1 rings (SSSR count). The molecule has 66 valence electrons. The van der Waals surface area contributed by atoms with Gasteiger partial charge in [-0.3, -0.25) is 0 Å². The van der Waals surface area contributed by atoms with E-state index in [-0.39, 0.29) is 10.8 Å². The molecule has 0 spiro atoms. The van der Waals surface area contributed by atoms with Gasteiger partial charge in [0.15, 0.2) is 17.5 Å². The van der Waals surface area contributed by atoms with Crippen molar-refractivity contribution in [1.29, 1.82) is 0 Å². The third kappa shape index (κ3) is 1.85. The Kier molecular flexibility index (Phi) is 2.86. The zero-order valence-corrected chi connectivity index (χ0v) is 7.29. The van der Waals surface area contributed by atoms with Crippen LogP contribution in [-0.2, 0) is 0 Å². The molecular formula is C7H8F2N2S. The Hall–Kier alpha value is -0.840. The van der Waals surface area contributed by atoms with Crippen molar-refractivity contribution in [2.75, 3.05) is 11.5 Å². The van der Waals surface area contributed by atoms with E-state index >= 15 is 0 Å². The predicted octanol–water partition coefficient (Wildman–Crippen LogP) is 2.05. The van der Waals surface area contributed by atoms with Crippen LogP contribution in [0.3, 0.4) is 0 Å². The van der Waals surface area contributed by atoms with Gasteiger partial charge in [0.25, 0.3) is 0 Å². The van der Waals surface area contributed by atoms with Crippen molar-refractivity contribution in [3.8, 4) is 0 Å². The smallest absolute Gasteiger partial charge is 0.168 e. The fraction of sp³-hybridized carbons (Fsp3) is 0.286. The van der Waals surface area contributed by atoms with Gasteiger partial charge in [-0.05, 0) is 5.75 Å². The second-order valence-electron chi connectivity index (χ2n) is 2.08. The summed E-state index contributed by atoms with van der Waals surface area (Å²) in [5, 5.41) is 0.149. The zero-order chi connectivity index (χ0) is 9.14. The summed E-state index contributed by atoms with van der Waals surface area (Å²) >= 11 is 1.19. The first-order valence-corrected chi connectivity index (χ1v) is 4.38. The number of nitrogens with zero attached hydrogens (tertiary/aromatic N) is 1. The third-order valence-electron chi connectivity index (χ3n) is 1.21. The van der Waals surface area contributed by atoms with Gasteiger partial charge in [0, 0.05) is 6.07 Å². The Morgan fingerprint density at radius 2 is 2.17 bits per heavy atom. The first kappa shape index (κ1) is 9.25. The molecule has 0 aliphatic heterocycles. The lowest BCUT2D eigenvalue weighted by molar-refractivity contribution is 0.552. The van der Waals surface area contributed by atoms with E-state index in [9.17, 15) is 8.78 Å². The molecule has 1 heterocycles. The average Bonchev–Trinajstić information content (AvgIpc) is 2.01. The molecular weight excluding hydrogens is 182 g/mol. The summed E-state index contributed by atoms with van der Waals surface area (Å²) in [5.41, 5.74) is 5.15. The standard InChI is InChI=1S/C7H8F2N2S/c1-2-12-7-5(9)3-4(8)6(10)11-7/h3H,2H2,1H3,(H2,10,11). The van der Waals surface area contributed by atoms with Gasteiger partial charge in [0.2, 0.25) is 0 Å². The third-order valence-corrected chi connectivity index (χ3v) is 2.05. The van der Waals surface area contributed by atoms with E-state index in [1.165, 1.54) is 11.8 Å². The molecule has 0 radical (unpaired) electrons. The van der Waals surface area contributed by atoms with Crippen LogP contribution in [0.15, 0.2) is 11.1 Å². The van der Waals surface area contributed by atoms with Gasteiger partial charge in [-0.25, -0.2) is 13.8 Å². The molecule has 0 atom stereocenters. The lowest BCUT2D eigenvalue weighted by atomic mass is 10.4. The zero-order valence-electron chi connectivity index (χ0n) is 6.47. The van der Waals surface area contributed by atoms with Crippen LogP contribution < -0.4 is 5.73 Å². The lowest BCUT2D eigenvalue weighted by Crippen LogP contribution is -1.98. The minimum atomic E-state index is -0.812. The van der Waals surface area contributed by atoms with Gasteiger partial charge in [0.05, 0.1) is 0 Å². The summed E-state index contributed by atoms with van der Waals surface area (Å²) in [6.07, 6.45) is 0. The number of halogens is 2. The molecule has 0 aromatic carbocycles. The van der Waals surface area contributed by atoms with Crippen molar-refractivity contribution >= 4 is 17.6 Å². The molecule has 1 aromatic rings. The maximum Gasteiger partial charge on any atom is 0.168 e. The average molecular weight is 190 g/mol. The van der Waals surface area contributed by atoms with Crippen molar-refractivity contribution < 1.29 is 8.78 Å². The molecule has 12 heavy (non-hydrogen) atoms. The number of hydrogen-bond acceptors (Lipinski definition) is 3. The molecule has 0 aliphatic rings. The Balaban J connectivity index is 3.05. The number of thioether (sulfide) groups is 1. The molecule has 0 bridgehead atoms. The van der Waals surface area contributed by atoms with Crippen LogP contribution in [0.1, 0.15) is 6.92 Å². The van der Waals surface area contributed by atoms with Crippen LogP contribution in [0.25, 0.3) is 0 Å². The number of nitrogen functional groups attached to an aromatic ring is 1. The molecule has 2 nitrogen and oxygen atoms in total. The normalized spacial score (nSPS) is 10.2. The van der Waals surface area contributed by atoms with Gasteiger partial charge in [-0.15, -0.1) is 11.8 Å². The second kappa shape index (κ2) is 3.71. The minimum absolute atomic E-state index is 0.149. The maximum atomic E-state index is 12.8. The SMILES string of the molecule is CCSc1nc(N)c(F)cc1F. The monoisotopic (exact) mass is 190 g/mol. The topological polar surface area (TPSA) is 38.9 Å². The number of pyridine rings is 1. The van der Waals surface area contributed by atoms with Crippen LogP contribution >= 0.6 is 11.8 Å². The van der Waals surface area contributed by atoms with Crippen molar-refractivity contribution in [2.24, 2.45) is 0 Å². The Morgan fingerprint density at radius 3 is 2.75 bits per heavy atom. The van der Waals surface area contributed by atoms with Crippen molar-refractivity contribution in [1.82, 2.24) is 4.98 Å². The Bertz CT molecular complexity index is 291. The summed E-state index contributed by atoms with van der Waals surface area (Å²) in [7, 11) is 0. The summed E-state index contributed by atoms with van der Waals surface area (Å²) < 4.78 is 25.4. The highest BCUT2D eigenvalue weighted by Gasteiger charge is 2.08. The number of hydrogen-bond donors (Lipinski definition) is 1. The van der Waals surface area contributed by atoms with Crippen LogP contribution in [0, 0.1) is 11.6 Å². The number of nitrogens with two attached hydrogens (primary N) is 1. The highest BCUT2D eigenvalue weighted by molar-refractivity contribution is 7.99. The quantitative estimate of drug-likeness (QED) is 0.725. The fourth-order valence-electron chi connectivity index (χ4n) is 0.701. The van der Waals surface area contributed by atoms with E-state index in [0.29, 0.717) is 5.75 Å². The van der Waals surface area contributed by atoms with Crippen molar-refractivity contribution in [3.63, 3.8) is 0 Å². The van der Waals surface area contributed by atoms with Crippen LogP contribution in [0.2, 0.25) is 0 Å². The highest BCUT2D eigenvalue weighted by atomic mass is 32.2.